The minimum Gasteiger partial charge on any atom is -0.340 e. The van der Waals surface area contributed by atoms with Gasteiger partial charge in [-0.05, 0) is 56.0 Å². The molecule has 7 rings (SSSR count). The van der Waals surface area contributed by atoms with Gasteiger partial charge in [-0.2, -0.15) is 9.49 Å². The van der Waals surface area contributed by atoms with Crippen LogP contribution in [0.25, 0.3) is 11.3 Å². The molecule has 1 saturated carbocycles. The van der Waals surface area contributed by atoms with Crippen LogP contribution in [-0.4, -0.2) is 38.5 Å². The van der Waals surface area contributed by atoms with Crippen LogP contribution in [0.3, 0.4) is 0 Å². The highest BCUT2D eigenvalue weighted by Crippen LogP contribution is 2.44. The van der Waals surface area contributed by atoms with Crippen molar-refractivity contribution in [3.05, 3.63) is 89.9 Å². The first-order chi connectivity index (χ1) is 18.6. The molecule has 1 fully saturated rings. The van der Waals surface area contributed by atoms with Crippen LogP contribution in [0.4, 0.5) is 21.7 Å². The van der Waals surface area contributed by atoms with Gasteiger partial charge in [0.15, 0.2) is 11.6 Å². The van der Waals surface area contributed by atoms with Crippen LogP contribution in [0.5, 0.6) is 0 Å². The molecule has 2 aromatic carbocycles. The number of carbonyl (C=O) groups is 1. The van der Waals surface area contributed by atoms with Gasteiger partial charge in [-0.1, -0.05) is 48.5 Å². The summed E-state index contributed by atoms with van der Waals surface area (Å²) in [5, 5.41) is 8.54. The Morgan fingerprint density at radius 2 is 1.82 bits per heavy atom. The zero-order chi connectivity index (χ0) is 25.8. The number of fused-ring (bicyclic) bond motifs is 5. The normalized spacial score (nSPS) is 21.6. The van der Waals surface area contributed by atoms with E-state index in [0.717, 1.165) is 41.9 Å². The number of nitrogens with zero attached hydrogens (tertiary/aromatic N) is 5. The van der Waals surface area contributed by atoms with Crippen molar-refractivity contribution < 1.29 is 9.18 Å². The Kier molecular flexibility index (Phi) is 5.35. The van der Waals surface area contributed by atoms with E-state index in [0.29, 0.717) is 29.4 Å². The summed E-state index contributed by atoms with van der Waals surface area (Å²) in [5.74, 6) is 1.51. The van der Waals surface area contributed by atoms with Crippen LogP contribution in [-0.2, 0) is 6.54 Å². The molecular formula is C30H27FN6O. The molecular weight excluding hydrogens is 479 g/mol. The second kappa shape index (κ2) is 8.90. The molecule has 1 N–H and O–H groups in total. The van der Waals surface area contributed by atoms with Gasteiger partial charge in [0.1, 0.15) is 17.2 Å². The fraction of sp³-hybridized carbons (Fsp3) is 0.267. The van der Waals surface area contributed by atoms with E-state index in [9.17, 15) is 9.18 Å². The van der Waals surface area contributed by atoms with Crippen molar-refractivity contribution in [2.75, 3.05) is 10.2 Å². The van der Waals surface area contributed by atoms with Crippen molar-refractivity contribution in [3.63, 3.8) is 0 Å². The molecule has 0 amide bonds. The zero-order valence-electron chi connectivity index (χ0n) is 21.0. The molecule has 2 aromatic heterocycles. The summed E-state index contributed by atoms with van der Waals surface area (Å²) in [4.78, 5) is 24.9. The summed E-state index contributed by atoms with van der Waals surface area (Å²) >= 11 is 0. The number of anilines is 3. The van der Waals surface area contributed by atoms with Gasteiger partial charge in [-0.15, -0.1) is 0 Å². The number of benzene rings is 2. The number of aliphatic imine (C=N–C) groups is 1. The van der Waals surface area contributed by atoms with Crippen LogP contribution in [0, 0.1) is 11.9 Å². The average Bonchev–Trinajstić information content (AvgIpc) is 3.62. The van der Waals surface area contributed by atoms with E-state index < -0.39 is 5.95 Å². The zero-order valence-corrected chi connectivity index (χ0v) is 21.0. The maximum absolute atomic E-state index is 13.7. The first-order valence-electron chi connectivity index (χ1n) is 13.1. The predicted molar refractivity (Wildman–Crippen MR) is 146 cm³/mol. The Balaban J connectivity index is 1.29. The molecule has 4 aromatic rings. The molecule has 3 aliphatic rings. The van der Waals surface area contributed by atoms with Crippen molar-refractivity contribution in [1.29, 1.82) is 0 Å². The van der Waals surface area contributed by atoms with Crippen LogP contribution in [0.15, 0.2) is 77.8 Å². The Labute approximate surface area is 220 Å². The summed E-state index contributed by atoms with van der Waals surface area (Å²) in [6.07, 6.45) is 3.26. The van der Waals surface area contributed by atoms with Gasteiger partial charge < -0.3 is 10.2 Å². The molecule has 1 aliphatic carbocycles. The SMILES string of the molecule is CC1C(=O)c2c(nn(Cc3ccc(-c4cccc(F)n4)cc3)c2Nc2ccccc2)N2C1=N[C@@H]1CCC[C@@H]12. The smallest absolute Gasteiger partial charge is 0.213 e. The monoisotopic (exact) mass is 506 g/mol. The Bertz CT molecular complexity index is 1560. The number of Topliss-reactive ketones (excluding diaryl/α,β-unsaturated/α-hetero) is 1. The quantitative estimate of drug-likeness (QED) is 0.344. The van der Waals surface area contributed by atoms with Crippen molar-refractivity contribution in [3.8, 4) is 11.3 Å². The van der Waals surface area contributed by atoms with Gasteiger partial charge >= 0.3 is 0 Å². The second-order valence-corrected chi connectivity index (χ2v) is 10.2. The van der Waals surface area contributed by atoms with Crippen molar-refractivity contribution in [2.24, 2.45) is 10.9 Å². The van der Waals surface area contributed by atoms with E-state index in [2.05, 4.69) is 15.2 Å². The van der Waals surface area contributed by atoms with E-state index in [4.69, 9.17) is 10.1 Å². The summed E-state index contributed by atoms with van der Waals surface area (Å²) in [7, 11) is 0. The lowest BCUT2D eigenvalue weighted by molar-refractivity contribution is 0.0959. The number of carbonyl (C=O) groups excluding carboxylic acids is 1. The van der Waals surface area contributed by atoms with Crippen LogP contribution < -0.4 is 10.2 Å². The summed E-state index contributed by atoms with van der Waals surface area (Å²) in [5.41, 5.74) is 3.96. The third-order valence-corrected chi connectivity index (χ3v) is 7.84. The van der Waals surface area contributed by atoms with Crippen LogP contribution in [0.1, 0.15) is 42.1 Å². The molecule has 3 atom stereocenters. The minimum atomic E-state index is -0.501. The number of pyridine rings is 1. The molecule has 7 nitrogen and oxygen atoms in total. The fourth-order valence-electron chi connectivity index (χ4n) is 5.96. The van der Waals surface area contributed by atoms with E-state index in [1.54, 1.807) is 12.1 Å². The van der Waals surface area contributed by atoms with E-state index >= 15 is 0 Å². The minimum absolute atomic E-state index is 0.0483. The first-order valence-corrected chi connectivity index (χ1v) is 13.1. The molecule has 190 valence electrons. The largest absolute Gasteiger partial charge is 0.340 e. The van der Waals surface area contributed by atoms with E-state index in [1.165, 1.54) is 6.07 Å². The van der Waals surface area contributed by atoms with Gasteiger partial charge in [-0.3, -0.25) is 9.79 Å². The highest BCUT2D eigenvalue weighted by Gasteiger charge is 2.49. The number of hydrogen-bond donors (Lipinski definition) is 1. The van der Waals surface area contributed by atoms with E-state index in [1.807, 2.05) is 66.2 Å². The molecule has 4 heterocycles. The number of amidine groups is 1. The summed E-state index contributed by atoms with van der Waals surface area (Å²) < 4.78 is 15.5. The predicted octanol–water partition coefficient (Wildman–Crippen LogP) is 5.85. The number of rotatable bonds is 5. The molecule has 0 saturated heterocycles. The summed E-state index contributed by atoms with van der Waals surface area (Å²) in [6, 6.07) is 23.0. The average molecular weight is 507 g/mol. The number of aromatic nitrogens is 3. The van der Waals surface area contributed by atoms with Crippen LogP contribution in [0.2, 0.25) is 0 Å². The molecule has 0 radical (unpaired) electrons. The second-order valence-electron chi connectivity index (χ2n) is 10.2. The maximum Gasteiger partial charge on any atom is 0.213 e. The van der Waals surface area contributed by atoms with Crippen molar-refractivity contribution in [2.45, 2.75) is 44.8 Å². The Morgan fingerprint density at radius 1 is 1.00 bits per heavy atom. The van der Waals surface area contributed by atoms with Crippen molar-refractivity contribution >= 4 is 28.9 Å². The van der Waals surface area contributed by atoms with Crippen molar-refractivity contribution in [1.82, 2.24) is 14.8 Å². The Hall–Kier alpha value is -4.33. The van der Waals surface area contributed by atoms with Gasteiger partial charge in [-0.25, -0.2) is 9.67 Å². The highest BCUT2D eigenvalue weighted by atomic mass is 19.1. The lowest BCUT2D eigenvalue weighted by Crippen LogP contribution is -2.46. The molecule has 2 aliphatic heterocycles. The summed E-state index contributed by atoms with van der Waals surface area (Å²) in [6.45, 7) is 2.43. The third-order valence-electron chi connectivity index (χ3n) is 7.84. The number of ketones is 1. The number of halogens is 1. The Morgan fingerprint density at radius 3 is 2.61 bits per heavy atom. The molecule has 8 heteroatoms. The van der Waals surface area contributed by atoms with Gasteiger partial charge in [0.2, 0.25) is 5.95 Å². The molecule has 38 heavy (non-hydrogen) atoms. The van der Waals surface area contributed by atoms with Gasteiger partial charge in [0.05, 0.1) is 30.2 Å². The lowest BCUT2D eigenvalue weighted by Gasteiger charge is -2.32. The van der Waals surface area contributed by atoms with Crippen LogP contribution >= 0.6 is 0 Å². The molecule has 1 unspecified atom stereocenters. The third kappa shape index (κ3) is 3.70. The molecule has 0 bridgehead atoms. The number of nitrogens with one attached hydrogen (secondary N) is 1. The lowest BCUT2D eigenvalue weighted by atomic mass is 9.93. The van der Waals surface area contributed by atoms with Gasteiger partial charge in [0, 0.05) is 11.3 Å². The van der Waals surface area contributed by atoms with E-state index in [-0.39, 0.29) is 23.8 Å². The van der Waals surface area contributed by atoms with Gasteiger partial charge in [0.25, 0.3) is 0 Å². The first kappa shape index (κ1) is 22.8. The number of para-hydroxylation sites is 1. The maximum atomic E-state index is 13.7. The highest BCUT2D eigenvalue weighted by molar-refractivity contribution is 6.25. The topological polar surface area (TPSA) is 75.4 Å². The molecule has 0 spiro atoms. The standard InChI is InChI=1S/C30H27FN6O/c1-18-27(38)26-29(32-21-7-3-2-4-8-21)36(35-30(26)37-24-11-5-10-23(24)34-28(18)37)17-19-13-15-20(16-14-19)22-9-6-12-25(31)33-22/h2-4,6-9,12-16,18,23-24,32H,5,10-11,17H2,1H3/t18?,23-,24+/m1/s1. The number of hydrogen-bond acceptors (Lipinski definition) is 6. The fourth-order valence-corrected chi connectivity index (χ4v) is 5.96.